The Bertz CT molecular complexity index is 455. The van der Waals surface area contributed by atoms with Gasteiger partial charge >= 0.3 is 16.6 Å². The molecule has 1 heterocycles. The quantitative estimate of drug-likeness (QED) is 0.694. The van der Waals surface area contributed by atoms with Gasteiger partial charge in [0, 0.05) is 12.3 Å². The lowest BCUT2D eigenvalue weighted by Gasteiger charge is -1.97. The molecule has 0 saturated heterocycles. The maximum Gasteiger partial charge on any atom is 0.455 e. The lowest BCUT2D eigenvalue weighted by Crippen LogP contribution is -2.02. The molecule has 0 aliphatic rings. The van der Waals surface area contributed by atoms with Gasteiger partial charge in [-0.3, -0.25) is 0 Å². The van der Waals surface area contributed by atoms with Crippen LogP contribution in [0, 0.1) is 6.92 Å². The van der Waals surface area contributed by atoms with Crippen molar-refractivity contribution < 1.29 is 17.9 Å². The van der Waals surface area contributed by atoms with E-state index in [0.29, 0.717) is 0 Å². The summed E-state index contributed by atoms with van der Waals surface area (Å²) in [6.07, 6.45) is 0.270. The van der Waals surface area contributed by atoms with Gasteiger partial charge in [0.05, 0.1) is 0 Å². The molecule has 0 atom stereocenters. The summed E-state index contributed by atoms with van der Waals surface area (Å²) in [6, 6.07) is 3.11. The standard InChI is InChI=1S/C7H6N2O4S/c1-5-2-3-6(8-4-5)13-7(10)9-14(11)12/h2-4H,1H3. The molecule has 0 saturated carbocycles. The largest absolute Gasteiger partial charge is 0.455 e. The molecule has 0 N–H and O–H groups in total. The number of pyridine rings is 1. The minimum atomic E-state index is -2.80. The summed E-state index contributed by atoms with van der Waals surface area (Å²) in [4.78, 5) is 14.4. The zero-order chi connectivity index (χ0) is 10.6. The lowest BCUT2D eigenvalue weighted by molar-refractivity contribution is 0.210. The summed E-state index contributed by atoms with van der Waals surface area (Å²) in [5, 5.41) is 0. The fourth-order valence-corrected chi connectivity index (χ4v) is 0.843. The summed E-state index contributed by atoms with van der Waals surface area (Å²) >= 11 is 0. The Morgan fingerprint density at radius 1 is 1.50 bits per heavy atom. The number of hydrogen-bond donors (Lipinski definition) is 0. The molecule has 1 rings (SSSR count). The predicted molar refractivity (Wildman–Crippen MR) is 46.3 cm³/mol. The van der Waals surface area contributed by atoms with Crippen LogP contribution in [0.4, 0.5) is 4.79 Å². The van der Waals surface area contributed by atoms with E-state index in [-0.39, 0.29) is 5.88 Å². The molecule has 1 amide bonds. The monoisotopic (exact) mass is 214 g/mol. The number of nitrogens with zero attached hydrogens (tertiary/aromatic N) is 2. The van der Waals surface area contributed by atoms with Gasteiger partial charge in [0.15, 0.2) is 0 Å². The van der Waals surface area contributed by atoms with Crippen LogP contribution in [0.25, 0.3) is 0 Å². The lowest BCUT2D eigenvalue weighted by atomic mass is 10.3. The zero-order valence-electron chi connectivity index (χ0n) is 7.17. The summed E-state index contributed by atoms with van der Waals surface area (Å²) in [6.45, 7) is 1.82. The molecule has 0 aliphatic heterocycles. The first-order valence-electron chi connectivity index (χ1n) is 3.53. The van der Waals surface area contributed by atoms with Crippen molar-refractivity contribution in [1.82, 2.24) is 4.98 Å². The van der Waals surface area contributed by atoms with Crippen LogP contribution in [0.5, 0.6) is 5.88 Å². The molecule has 0 fully saturated rings. The molecular formula is C7H6N2O4S. The van der Waals surface area contributed by atoms with E-state index in [4.69, 9.17) is 0 Å². The molecule has 0 unspecified atom stereocenters. The maximum atomic E-state index is 10.7. The topological polar surface area (TPSA) is 85.7 Å². The molecule has 0 aromatic carbocycles. The number of aromatic nitrogens is 1. The molecule has 74 valence electrons. The molecule has 0 radical (unpaired) electrons. The first kappa shape index (κ1) is 10.3. The smallest absolute Gasteiger partial charge is 0.389 e. The van der Waals surface area contributed by atoms with Crippen LogP contribution in [0.2, 0.25) is 0 Å². The van der Waals surface area contributed by atoms with Gasteiger partial charge in [-0.1, -0.05) is 10.4 Å². The highest BCUT2D eigenvalue weighted by Gasteiger charge is 2.03. The Hall–Kier alpha value is -1.76. The Balaban J connectivity index is 2.75. The summed E-state index contributed by atoms with van der Waals surface area (Å²) in [7, 11) is -2.80. The van der Waals surface area contributed by atoms with Gasteiger partial charge in [-0.15, -0.1) is 0 Å². The molecule has 7 heteroatoms. The summed E-state index contributed by atoms with van der Waals surface area (Å²) < 4.78 is 27.0. The number of aryl methyl sites for hydroxylation is 1. The van der Waals surface area contributed by atoms with E-state index in [2.05, 4.69) is 14.1 Å². The van der Waals surface area contributed by atoms with Crippen molar-refractivity contribution in [2.75, 3.05) is 0 Å². The van der Waals surface area contributed by atoms with Crippen molar-refractivity contribution in [3.05, 3.63) is 23.9 Å². The highest BCUT2D eigenvalue weighted by molar-refractivity contribution is 7.62. The molecule has 0 aliphatic carbocycles. The highest BCUT2D eigenvalue weighted by atomic mass is 32.2. The normalized spacial score (nSPS) is 9.21. The molecule has 0 bridgehead atoms. The second kappa shape index (κ2) is 4.47. The SMILES string of the molecule is Cc1ccc(OC(=O)N=S(=O)=O)nc1. The zero-order valence-corrected chi connectivity index (χ0v) is 7.98. The van der Waals surface area contributed by atoms with Crippen LogP contribution in [0.15, 0.2) is 22.7 Å². The second-order valence-corrected chi connectivity index (χ2v) is 2.97. The summed E-state index contributed by atoms with van der Waals surface area (Å²) in [5.41, 5.74) is 0.897. The number of ether oxygens (including phenoxy) is 1. The van der Waals surface area contributed by atoms with Crippen LogP contribution in [-0.4, -0.2) is 19.5 Å². The van der Waals surface area contributed by atoms with E-state index in [0.717, 1.165) is 5.56 Å². The van der Waals surface area contributed by atoms with Gasteiger partial charge in [0.2, 0.25) is 5.88 Å². The van der Waals surface area contributed by atoms with Gasteiger partial charge < -0.3 is 4.74 Å². The van der Waals surface area contributed by atoms with E-state index < -0.39 is 16.6 Å². The predicted octanol–water partition coefficient (Wildman–Crippen LogP) is 0.952. The third-order valence-corrected chi connectivity index (χ3v) is 1.52. The maximum absolute atomic E-state index is 10.7. The fourth-order valence-electron chi connectivity index (χ4n) is 0.684. The van der Waals surface area contributed by atoms with Crippen LogP contribution in [-0.2, 0) is 10.5 Å². The molecule has 1 aromatic heterocycles. The van der Waals surface area contributed by atoms with Gasteiger partial charge in [0.25, 0.3) is 0 Å². The molecular weight excluding hydrogens is 208 g/mol. The Kier molecular flexibility index (Phi) is 3.29. The average molecular weight is 214 g/mol. The highest BCUT2D eigenvalue weighted by Crippen LogP contribution is 2.06. The van der Waals surface area contributed by atoms with Gasteiger partial charge in [0.1, 0.15) is 0 Å². The third kappa shape index (κ3) is 3.31. The van der Waals surface area contributed by atoms with Crippen molar-refractivity contribution >= 4 is 16.6 Å². The minimum absolute atomic E-state index is 0.00907. The van der Waals surface area contributed by atoms with Crippen LogP contribution in [0.1, 0.15) is 5.56 Å². The van der Waals surface area contributed by atoms with Crippen molar-refractivity contribution in [3.63, 3.8) is 0 Å². The number of carbonyl (C=O) groups is 1. The van der Waals surface area contributed by atoms with Crippen LogP contribution < -0.4 is 4.74 Å². The second-order valence-electron chi connectivity index (χ2n) is 2.35. The van der Waals surface area contributed by atoms with Crippen molar-refractivity contribution in [3.8, 4) is 5.88 Å². The van der Waals surface area contributed by atoms with Crippen molar-refractivity contribution in [1.29, 1.82) is 0 Å². The molecule has 1 aromatic rings. The van der Waals surface area contributed by atoms with Gasteiger partial charge in [-0.25, -0.2) is 9.78 Å². The molecule has 14 heavy (non-hydrogen) atoms. The van der Waals surface area contributed by atoms with E-state index in [1.54, 1.807) is 6.07 Å². The van der Waals surface area contributed by atoms with Crippen molar-refractivity contribution in [2.24, 2.45) is 4.36 Å². The van der Waals surface area contributed by atoms with E-state index in [1.807, 2.05) is 6.92 Å². The van der Waals surface area contributed by atoms with Gasteiger partial charge in [-0.2, -0.15) is 8.42 Å². The van der Waals surface area contributed by atoms with E-state index in [9.17, 15) is 13.2 Å². The van der Waals surface area contributed by atoms with E-state index in [1.165, 1.54) is 12.3 Å². The molecule has 0 spiro atoms. The van der Waals surface area contributed by atoms with Gasteiger partial charge in [-0.05, 0) is 12.5 Å². The first-order valence-corrected chi connectivity index (χ1v) is 4.56. The Labute approximate surface area is 81.2 Å². The van der Waals surface area contributed by atoms with E-state index >= 15 is 0 Å². The van der Waals surface area contributed by atoms with Crippen LogP contribution >= 0.6 is 0 Å². The number of amides is 1. The Morgan fingerprint density at radius 2 is 2.21 bits per heavy atom. The van der Waals surface area contributed by atoms with Crippen molar-refractivity contribution in [2.45, 2.75) is 6.92 Å². The summed E-state index contributed by atoms with van der Waals surface area (Å²) in [5.74, 6) is 0.00907. The fraction of sp³-hybridized carbons (Fsp3) is 0.143. The average Bonchev–Trinajstić information content (AvgIpc) is 2.07. The minimum Gasteiger partial charge on any atom is -0.389 e. The number of hydrogen-bond acceptors (Lipinski definition) is 5. The van der Waals surface area contributed by atoms with Crippen LogP contribution in [0.3, 0.4) is 0 Å². The first-order chi connectivity index (χ1) is 6.58. The molecule has 6 nitrogen and oxygen atoms in total. The third-order valence-electron chi connectivity index (χ3n) is 1.23. The Morgan fingerprint density at radius 3 is 2.71 bits per heavy atom. The number of rotatable bonds is 1. The number of carbonyl (C=O) groups excluding carboxylic acids is 1.